The fourth-order valence-electron chi connectivity index (χ4n) is 1.80. The van der Waals surface area contributed by atoms with Crippen LogP contribution in [0.3, 0.4) is 0 Å². The van der Waals surface area contributed by atoms with E-state index >= 15 is 0 Å². The molecule has 0 aromatic rings. The molecular formula is C10H22GeS2. The molecule has 0 nitrogen and oxygen atoms in total. The Labute approximate surface area is 92.4 Å². The summed E-state index contributed by atoms with van der Waals surface area (Å²) in [4.78, 5) is 0. The van der Waals surface area contributed by atoms with Crippen LogP contribution in [0.15, 0.2) is 0 Å². The zero-order valence-electron chi connectivity index (χ0n) is 8.97. The van der Waals surface area contributed by atoms with Crippen LogP contribution in [0.25, 0.3) is 0 Å². The molecule has 1 fully saturated rings. The zero-order valence-corrected chi connectivity index (χ0v) is 12.7. The van der Waals surface area contributed by atoms with Gasteiger partial charge in [-0.05, 0) is 0 Å². The van der Waals surface area contributed by atoms with Crippen molar-refractivity contribution in [2.45, 2.75) is 50.0 Å². The van der Waals surface area contributed by atoms with Gasteiger partial charge in [-0.3, -0.25) is 0 Å². The maximum atomic E-state index is 2.42. The summed E-state index contributed by atoms with van der Waals surface area (Å²) in [7, 11) is 3.48. The average Bonchev–Trinajstić information content (AvgIpc) is 2.61. The third-order valence-electron chi connectivity index (χ3n) is 2.64. The second-order valence-electron chi connectivity index (χ2n) is 3.81. The van der Waals surface area contributed by atoms with E-state index in [9.17, 15) is 0 Å². The van der Waals surface area contributed by atoms with Gasteiger partial charge in [0.2, 0.25) is 0 Å². The Morgan fingerprint density at radius 1 is 0.923 bits per heavy atom. The molecule has 78 valence electrons. The molecule has 0 radical (unpaired) electrons. The van der Waals surface area contributed by atoms with Crippen molar-refractivity contribution in [2.75, 3.05) is 11.5 Å². The molecule has 0 atom stereocenters. The molecule has 0 spiro atoms. The molecule has 0 bridgehead atoms. The van der Waals surface area contributed by atoms with E-state index in [4.69, 9.17) is 0 Å². The van der Waals surface area contributed by atoms with Crippen LogP contribution >= 0.6 is 20.2 Å². The van der Waals surface area contributed by atoms with Crippen molar-refractivity contribution in [2.24, 2.45) is 0 Å². The Bertz CT molecular complexity index is 123. The van der Waals surface area contributed by atoms with Crippen LogP contribution in [-0.4, -0.2) is 22.5 Å². The molecule has 1 aliphatic rings. The van der Waals surface area contributed by atoms with E-state index in [-0.39, 0.29) is 0 Å². The van der Waals surface area contributed by atoms with Crippen LogP contribution in [-0.2, 0) is 0 Å². The molecule has 1 saturated heterocycles. The first-order valence-electron chi connectivity index (χ1n) is 5.61. The Balaban J connectivity index is 2.33. The van der Waals surface area contributed by atoms with E-state index < -0.39 is 11.0 Å². The van der Waals surface area contributed by atoms with Crippen molar-refractivity contribution in [1.29, 1.82) is 0 Å². The van der Waals surface area contributed by atoms with Crippen molar-refractivity contribution >= 4 is 31.2 Å². The van der Waals surface area contributed by atoms with Crippen LogP contribution in [0.2, 0.25) is 10.5 Å². The van der Waals surface area contributed by atoms with Gasteiger partial charge in [0.05, 0.1) is 0 Å². The molecule has 0 aromatic carbocycles. The Hall–Kier alpha value is 1.24. The minimum atomic E-state index is -1.36. The van der Waals surface area contributed by atoms with Crippen LogP contribution in [0, 0.1) is 0 Å². The molecule has 0 N–H and O–H groups in total. The van der Waals surface area contributed by atoms with E-state index in [1.54, 1.807) is 10.5 Å². The summed E-state index contributed by atoms with van der Waals surface area (Å²) in [5.74, 6) is 2.94. The maximum absolute atomic E-state index is 2.42. The third kappa shape index (κ3) is 4.08. The van der Waals surface area contributed by atoms with Gasteiger partial charge in [-0.25, -0.2) is 0 Å². The first-order chi connectivity index (χ1) is 6.33. The van der Waals surface area contributed by atoms with Gasteiger partial charge in [0.1, 0.15) is 0 Å². The summed E-state index contributed by atoms with van der Waals surface area (Å²) < 4.78 is 0. The summed E-state index contributed by atoms with van der Waals surface area (Å²) in [5.41, 5.74) is 0. The van der Waals surface area contributed by atoms with Crippen LogP contribution in [0.1, 0.15) is 39.5 Å². The fraction of sp³-hybridized carbons (Fsp3) is 1.00. The van der Waals surface area contributed by atoms with E-state index in [1.165, 1.54) is 37.2 Å². The van der Waals surface area contributed by atoms with Gasteiger partial charge in [-0.1, -0.05) is 0 Å². The van der Waals surface area contributed by atoms with Gasteiger partial charge >= 0.3 is 92.7 Å². The van der Waals surface area contributed by atoms with E-state index in [0.29, 0.717) is 0 Å². The van der Waals surface area contributed by atoms with Gasteiger partial charge in [0.25, 0.3) is 0 Å². The predicted molar refractivity (Wildman–Crippen MR) is 70.1 cm³/mol. The molecular weight excluding hydrogens is 257 g/mol. The fourth-order valence-corrected chi connectivity index (χ4v) is 27.0. The number of hydrogen-bond acceptors (Lipinski definition) is 2. The van der Waals surface area contributed by atoms with Gasteiger partial charge in [0, 0.05) is 0 Å². The topological polar surface area (TPSA) is 0 Å². The van der Waals surface area contributed by atoms with Gasteiger partial charge in [-0.15, -0.1) is 0 Å². The van der Waals surface area contributed by atoms with Crippen molar-refractivity contribution in [1.82, 2.24) is 0 Å². The molecule has 1 aliphatic heterocycles. The number of unbranched alkanes of at least 4 members (excludes halogenated alkanes) is 2. The monoisotopic (exact) mass is 280 g/mol. The minimum absolute atomic E-state index is 1.36. The standard InChI is InChI=1S/C10H22GeS2/c1-3-5-7-11(8-6-4-2)12-9-10-13-11/h3-10H2,1-2H3. The van der Waals surface area contributed by atoms with Crippen LogP contribution in [0.4, 0.5) is 0 Å². The summed E-state index contributed by atoms with van der Waals surface area (Å²) in [5, 5.41) is 3.26. The van der Waals surface area contributed by atoms with E-state index in [0.717, 1.165) is 0 Å². The second-order valence-corrected chi connectivity index (χ2v) is 24.2. The molecule has 0 amide bonds. The first-order valence-corrected chi connectivity index (χ1v) is 15.7. The molecule has 3 heteroatoms. The first kappa shape index (κ1) is 12.3. The molecule has 0 aliphatic carbocycles. The summed E-state index contributed by atoms with van der Waals surface area (Å²) in [6.45, 7) is 4.67. The molecule has 0 unspecified atom stereocenters. The van der Waals surface area contributed by atoms with Crippen molar-refractivity contribution in [3.63, 3.8) is 0 Å². The number of rotatable bonds is 6. The van der Waals surface area contributed by atoms with Gasteiger partial charge in [0.15, 0.2) is 0 Å². The number of hydrogen-bond donors (Lipinski definition) is 0. The van der Waals surface area contributed by atoms with E-state index in [2.05, 4.69) is 34.0 Å². The van der Waals surface area contributed by atoms with Crippen molar-refractivity contribution < 1.29 is 0 Å². The SMILES string of the molecule is CCC[CH2][Ge]1([CH2]CCC)[S]CC[S]1. The Morgan fingerprint density at radius 2 is 1.38 bits per heavy atom. The summed E-state index contributed by atoms with van der Waals surface area (Å²) >= 11 is 0. The van der Waals surface area contributed by atoms with Crippen molar-refractivity contribution in [3.8, 4) is 0 Å². The molecule has 1 rings (SSSR count). The van der Waals surface area contributed by atoms with E-state index in [1.807, 2.05) is 0 Å². The quantitative estimate of drug-likeness (QED) is 0.656. The zero-order chi connectivity index (χ0) is 9.57. The molecule has 13 heavy (non-hydrogen) atoms. The molecule has 0 aromatic heterocycles. The van der Waals surface area contributed by atoms with Crippen LogP contribution < -0.4 is 0 Å². The summed E-state index contributed by atoms with van der Waals surface area (Å²) in [6.07, 6.45) is 5.81. The van der Waals surface area contributed by atoms with Crippen LogP contribution in [0.5, 0.6) is 0 Å². The van der Waals surface area contributed by atoms with Crippen molar-refractivity contribution in [3.05, 3.63) is 0 Å². The Morgan fingerprint density at radius 3 is 1.77 bits per heavy atom. The molecule has 0 saturated carbocycles. The van der Waals surface area contributed by atoms with Gasteiger partial charge in [-0.2, -0.15) is 0 Å². The summed E-state index contributed by atoms with van der Waals surface area (Å²) in [6, 6.07) is 0. The second kappa shape index (κ2) is 6.68. The van der Waals surface area contributed by atoms with Gasteiger partial charge < -0.3 is 0 Å². The third-order valence-corrected chi connectivity index (χ3v) is 26.6. The molecule has 1 heterocycles. The normalized spacial score (nSPS) is 20.8. The predicted octanol–water partition coefficient (Wildman–Crippen LogP) is 4.51. The Kier molecular flexibility index (Phi) is 6.32. The average molecular weight is 279 g/mol.